The number of halogens is 1. The molecule has 0 bridgehead atoms. The third kappa shape index (κ3) is 4.30. The second-order valence-corrected chi connectivity index (χ2v) is 5.30. The molecule has 20 heavy (non-hydrogen) atoms. The van der Waals surface area contributed by atoms with Gasteiger partial charge in [-0.15, -0.1) is 0 Å². The molecular formula is C16H22FNO2. The monoisotopic (exact) mass is 279 g/mol. The van der Waals surface area contributed by atoms with Crippen molar-refractivity contribution in [3.63, 3.8) is 0 Å². The van der Waals surface area contributed by atoms with Crippen LogP contribution < -0.4 is 4.74 Å². The second kappa shape index (κ2) is 7.39. The molecule has 1 aliphatic heterocycles. The normalized spacial score (nSPS) is 16.1. The molecule has 1 aromatic rings. The molecule has 0 atom stereocenters. The fourth-order valence-electron chi connectivity index (χ4n) is 2.53. The zero-order chi connectivity index (χ0) is 14.4. The molecule has 1 heterocycles. The first kappa shape index (κ1) is 15.0. The molecule has 110 valence electrons. The van der Waals surface area contributed by atoms with Crippen molar-refractivity contribution in [2.45, 2.75) is 32.6 Å². The number of Topliss-reactive ketones (excluding diaryl/α,β-unsaturated/α-hetero) is 1. The van der Waals surface area contributed by atoms with Gasteiger partial charge in [0.2, 0.25) is 0 Å². The first-order valence-corrected chi connectivity index (χ1v) is 7.32. The van der Waals surface area contributed by atoms with Gasteiger partial charge in [0, 0.05) is 12.6 Å². The molecule has 1 fully saturated rings. The van der Waals surface area contributed by atoms with Gasteiger partial charge in [-0.2, -0.15) is 0 Å². The Balaban J connectivity index is 1.73. The fraction of sp³-hybridized carbons (Fsp3) is 0.562. The number of carbonyl (C=O) groups is 1. The number of piperidine rings is 1. The summed E-state index contributed by atoms with van der Waals surface area (Å²) in [5.74, 6) is -0.281. The van der Waals surface area contributed by atoms with Gasteiger partial charge in [0.25, 0.3) is 0 Å². The van der Waals surface area contributed by atoms with Crippen molar-refractivity contribution in [2.24, 2.45) is 0 Å². The van der Waals surface area contributed by atoms with E-state index >= 15 is 0 Å². The Bertz CT molecular complexity index is 456. The van der Waals surface area contributed by atoms with Crippen molar-refractivity contribution in [1.29, 1.82) is 0 Å². The molecule has 2 rings (SSSR count). The molecular weight excluding hydrogens is 257 g/mol. The number of ketones is 1. The number of likely N-dealkylation sites (tertiary alicyclic amines) is 1. The Morgan fingerprint density at radius 3 is 2.70 bits per heavy atom. The molecule has 0 saturated carbocycles. The maximum absolute atomic E-state index is 13.6. The predicted octanol–water partition coefficient (Wildman–Crippen LogP) is 3.28. The van der Waals surface area contributed by atoms with Gasteiger partial charge >= 0.3 is 0 Å². The van der Waals surface area contributed by atoms with E-state index in [0.717, 1.165) is 13.0 Å². The van der Waals surface area contributed by atoms with E-state index in [1.54, 1.807) is 6.07 Å². The average molecular weight is 279 g/mol. The molecule has 0 aromatic heterocycles. The highest BCUT2D eigenvalue weighted by atomic mass is 19.1. The minimum absolute atomic E-state index is 0.116. The molecule has 0 amide bonds. The molecule has 0 N–H and O–H groups in total. The molecule has 3 nitrogen and oxygen atoms in total. The van der Waals surface area contributed by atoms with Crippen molar-refractivity contribution >= 4 is 5.78 Å². The van der Waals surface area contributed by atoms with Gasteiger partial charge < -0.3 is 9.64 Å². The lowest BCUT2D eigenvalue weighted by molar-refractivity contribution is 0.101. The summed E-state index contributed by atoms with van der Waals surface area (Å²) in [5, 5.41) is 0. The zero-order valence-corrected chi connectivity index (χ0v) is 12.0. The fourth-order valence-corrected chi connectivity index (χ4v) is 2.53. The maximum Gasteiger partial charge on any atom is 0.162 e. The van der Waals surface area contributed by atoms with E-state index < -0.39 is 5.82 Å². The van der Waals surface area contributed by atoms with Crippen LogP contribution in [0.3, 0.4) is 0 Å². The van der Waals surface area contributed by atoms with Gasteiger partial charge in [-0.1, -0.05) is 6.42 Å². The smallest absolute Gasteiger partial charge is 0.162 e. The standard InChI is InChI=1S/C16H22FNO2/c1-13(19)15-7-6-14(12-16(15)17)20-11-5-10-18-8-3-2-4-9-18/h6-7,12H,2-5,8-11H2,1H3. The summed E-state index contributed by atoms with van der Waals surface area (Å²) >= 11 is 0. The highest BCUT2D eigenvalue weighted by Gasteiger charge is 2.10. The predicted molar refractivity (Wildman–Crippen MR) is 76.8 cm³/mol. The van der Waals surface area contributed by atoms with Crippen molar-refractivity contribution in [2.75, 3.05) is 26.2 Å². The first-order chi connectivity index (χ1) is 9.66. The largest absolute Gasteiger partial charge is 0.493 e. The van der Waals surface area contributed by atoms with E-state index in [9.17, 15) is 9.18 Å². The van der Waals surface area contributed by atoms with Crippen molar-refractivity contribution in [3.05, 3.63) is 29.6 Å². The Kier molecular flexibility index (Phi) is 5.53. The van der Waals surface area contributed by atoms with Crippen LogP contribution in [0.15, 0.2) is 18.2 Å². The number of nitrogens with zero attached hydrogens (tertiary/aromatic N) is 1. The third-order valence-corrected chi connectivity index (χ3v) is 3.66. The van der Waals surface area contributed by atoms with E-state index in [1.807, 2.05) is 0 Å². The lowest BCUT2D eigenvalue weighted by Gasteiger charge is -2.26. The summed E-state index contributed by atoms with van der Waals surface area (Å²) < 4.78 is 19.1. The highest BCUT2D eigenvalue weighted by Crippen LogP contribution is 2.17. The van der Waals surface area contributed by atoms with Gasteiger partial charge in [-0.25, -0.2) is 4.39 Å². The van der Waals surface area contributed by atoms with Crippen LogP contribution in [0, 0.1) is 5.82 Å². The highest BCUT2D eigenvalue weighted by molar-refractivity contribution is 5.94. The minimum atomic E-state index is -0.508. The lowest BCUT2D eigenvalue weighted by Crippen LogP contribution is -2.31. The number of carbonyl (C=O) groups excluding carboxylic acids is 1. The number of benzene rings is 1. The minimum Gasteiger partial charge on any atom is -0.493 e. The van der Waals surface area contributed by atoms with Gasteiger partial charge in [0.1, 0.15) is 11.6 Å². The van der Waals surface area contributed by atoms with Gasteiger partial charge in [0.05, 0.1) is 12.2 Å². The number of ether oxygens (including phenoxy) is 1. The van der Waals surface area contributed by atoms with E-state index in [4.69, 9.17) is 4.74 Å². The number of hydrogen-bond acceptors (Lipinski definition) is 3. The molecule has 0 radical (unpaired) electrons. The topological polar surface area (TPSA) is 29.5 Å². The second-order valence-electron chi connectivity index (χ2n) is 5.30. The molecule has 4 heteroatoms. The first-order valence-electron chi connectivity index (χ1n) is 7.32. The van der Waals surface area contributed by atoms with Gasteiger partial charge in [-0.05, 0) is 51.4 Å². The van der Waals surface area contributed by atoms with Crippen LogP contribution in [-0.4, -0.2) is 36.9 Å². The molecule has 1 aromatic carbocycles. The van der Waals surface area contributed by atoms with E-state index in [0.29, 0.717) is 12.4 Å². The van der Waals surface area contributed by atoms with E-state index in [1.165, 1.54) is 51.4 Å². The SMILES string of the molecule is CC(=O)c1ccc(OCCCN2CCCCC2)cc1F. The van der Waals surface area contributed by atoms with E-state index in [-0.39, 0.29) is 11.3 Å². The summed E-state index contributed by atoms with van der Waals surface area (Å²) in [6.45, 7) is 5.34. The van der Waals surface area contributed by atoms with Crippen LogP contribution in [0.25, 0.3) is 0 Å². The van der Waals surface area contributed by atoms with E-state index in [2.05, 4.69) is 4.90 Å². The van der Waals surface area contributed by atoms with Crippen molar-refractivity contribution in [3.8, 4) is 5.75 Å². The summed E-state index contributed by atoms with van der Waals surface area (Å²) in [7, 11) is 0. The van der Waals surface area contributed by atoms with Crippen LogP contribution >= 0.6 is 0 Å². The quantitative estimate of drug-likeness (QED) is 0.591. The van der Waals surface area contributed by atoms with Crippen LogP contribution in [0.5, 0.6) is 5.75 Å². The maximum atomic E-state index is 13.6. The summed E-state index contributed by atoms with van der Waals surface area (Å²) in [5.41, 5.74) is 0.116. The zero-order valence-electron chi connectivity index (χ0n) is 12.0. The van der Waals surface area contributed by atoms with Gasteiger partial charge in [-0.3, -0.25) is 4.79 Å². The Morgan fingerprint density at radius 2 is 2.05 bits per heavy atom. The lowest BCUT2D eigenvalue weighted by atomic mass is 10.1. The summed E-state index contributed by atoms with van der Waals surface area (Å²) in [6, 6.07) is 4.43. The summed E-state index contributed by atoms with van der Waals surface area (Å²) in [6.07, 6.45) is 4.86. The number of hydrogen-bond donors (Lipinski definition) is 0. The molecule has 1 aliphatic rings. The van der Waals surface area contributed by atoms with Crippen LogP contribution in [0.1, 0.15) is 43.0 Å². The van der Waals surface area contributed by atoms with Crippen molar-refractivity contribution < 1.29 is 13.9 Å². The van der Waals surface area contributed by atoms with Crippen LogP contribution in [0.2, 0.25) is 0 Å². The Labute approximate surface area is 119 Å². The number of rotatable bonds is 6. The van der Waals surface area contributed by atoms with Gasteiger partial charge in [0.15, 0.2) is 5.78 Å². The average Bonchev–Trinajstić information content (AvgIpc) is 2.44. The molecule has 1 saturated heterocycles. The van der Waals surface area contributed by atoms with Crippen LogP contribution in [0.4, 0.5) is 4.39 Å². The third-order valence-electron chi connectivity index (χ3n) is 3.66. The molecule has 0 unspecified atom stereocenters. The summed E-state index contributed by atoms with van der Waals surface area (Å²) in [4.78, 5) is 13.6. The van der Waals surface area contributed by atoms with Crippen molar-refractivity contribution in [1.82, 2.24) is 4.90 Å². The van der Waals surface area contributed by atoms with Crippen LogP contribution in [-0.2, 0) is 0 Å². The molecule has 0 spiro atoms. The molecule has 0 aliphatic carbocycles. The Morgan fingerprint density at radius 1 is 1.30 bits per heavy atom. The Hall–Kier alpha value is -1.42.